The lowest BCUT2D eigenvalue weighted by Crippen LogP contribution is -2.25. The van der Waals surface area contributed by atoms with Crippen LogP contribution in [0.5, 0.6) is 5.75 Å². The van der Waals surface area contributed by atoms with E-state index in [0.717, 1.165) is 55.8 Å². The van der Waals surface area contributed by atoms with E-state index in [1.165, 1.54) is 0 Å². The van der Waals surface area contributed by atoms with E-state index >= 15 is 0 Å². The van der Waals surface area contributed by atoms with Crippen molar-refractivity contribution in [2.75, 3.05) is 33.0 Å². The lowest BCUT2D eigenvalue weighted by Gasteiger charge is -2.22. The number of hydrogen-bond donors (Lipinski definition) is 0. The van der Waals surface area contributed by atoms with Gasteiger partial charge in [0.2, 0.25) is 0 Å². The monoisotopic (exact) mass is 444 g/mol. The van der Waals surface area contributed by atoms with E-state index in [-0.39, 0.29) is 19.0 Å². The summed E-state index contributed by atoms with van der Waals surface area (Å²) in [4.78, 5) is 12.2. The molecule has 7 heteroatoms. The molecule has 0 bridgehead atoms. The molecule has 0 unspecified atom stereocenters. The maximum absolute atomic E-state index is 12.2. The number of benzene rings is 1. The Labute approximate surface area is 189 Å². The average Bonchev–Trinajstić information content (AvgIpc) is 3.51. The summed E-state index contributed by atoms with van der Waals surface area (Å²) in [7, 11) is 0. The zero-order chi connectivity index (χ0) is 22.4. The van der Waals surface area contributed by atoms with Gasteiger partial charge in [0, 0.05) is 12.8 Å². The maximum atomic E-state index is 12.2. The van der Waals surface area contributed by atoms with Crippen molar-refractivity contribution in [3.05, 3.63) is 66.3 Å². The molecule has 0 spiro atoms. The maximum Gasteiger partial charge on any atom is 0.373 e. The van der Waals surface area contributed by atoms with Gasteiger partial charge in [-0.1, -0.05) is 18.2 Å². The minimum absolute atomic E-state index is 0.0385. The highest BCUT2D eigenvalue weighted by Crippen LogP contribution is 2.25. The van der Waals surface area contributed by atoms with Crippen molar-refractivity contribution in [1.29, 1.82) is 0 Å². The first-order chi connectivity index (χ1) is 15.7. The largest absolute Gasteiger partial charge is 0.491 e. The molecule has 1 aromatic carbocycles. The number of esters is 1. The van der Waals surface area contributed by atoms with Gasteiger partial charge < -0.3 is 28.4 Å². The van der Waals surface area contributed by atoms with Gasteiger partial charge in [-0.05, 0) is 56.5 Å². The fourth-order valence-corrected chi connectivity index (χ4v) is 3.27. The van der Waals surface area contributed by atoms with Crippen molar-refractivity contribution in [2.45, 2.75) is 44.8 Å². The quantitative estimate of drug-likeness (QED) is 0.128. The second-order valence-electron chi connectivity index (χ2n) is 7.43. The summed E-state index contributed by atoms with van der Waals surface area (Å²) in [5.74, 6) is 1.84. The first-order valence-corrected chi connectivity index (χ1v) is 11.2. The van der Waals surface area contributed by atoms with Crippen molar-refractivity contribution in [3.8, 4) is 5.75 Å². The smallest absolute Gasteiger partial charge is 0.373 e. The van der Waals surface area contributed by atoms with Crippen molar-refractivity contribution >= 4 is 5.97 Å². The Hall–Kier alpha value is -2.93. The fraction of sp³-hybridized carbons (Fsp3) is 0.480. The molecule has 0 atom stereocenters. The molecule has 0 aromatic heterocycles. The molecule has 174 valence electrons. The van der Waals surface area contributed by atoms with Crippen LogP contribution in [0.4, 0.5) is 0 Å². The number of carbonyl (C=O) groups excluding carboxylic acids is 1. The molecule has 2 aliphatic rings. The van der Waals surface area contributed by atoms with Gasteiger partial charge in [-0.25, -0.2) is 4.79 Å². The summed E-state index contributed by atoms with van der Waals surface area (Å²) < 4.78 is 33.4. The predicted molar refractivity (Wildman–Crippen MR) is 119 cm³/mol. The summed E-state index contributed by atoms with van der Waals surface area (Å²) in [6, 6.07) is 9.52. The molecule has 0 amide bonds. The minimum Gasteiger partial charge on any atom is -0.491 e. The second-order valence-corrected chi connectivity index (χ2v) is 7.43. The van der Waals surface area contributed by atoms with Crippen LogP contribution in [0.25, 0.3) is 0 Å². The van der Waals surface area contributed by atoms with Crippen LogP contribution in [-0.2, 0) is 28.5 Å². The lowest BCUT2D eigenvalue weighted by molar-refractivity contribution is -0.162. The normalized spacial score (nSPS) is 15.2. The van der Waals surface area contributed by atoms with Crippen molar-refractivity contribution in [1.82, 2.24) is 0 Å². The van der Waals surface area contributed by atoms with Crippen molar-refractivity contribution in [2.24, 2.45) is 0 Å². The Morgan fingerprint density at radius 2 is 1.53 bits per heavy atom. The molecule has 2 aliphatic carbocycles. The van der Waals surface area contributed by atoms with Crippen LogP contribution in [0.3, 0.4) is 0 Å². The summed E-state index contributed by atoms with van der Waals surface area (Å²) in [5, 5.41) is 0. The van der Waals surface area contributed by atoms with Gasteiger partial charge in [0.1, 0.15) is 19.0 Å². The molecule has 32 heavy (non-hydrogen) atoms. The average molecular weight is 445 g/mol. The number of carbonyl (C=O) groups is 1. The van der Waals surface area contributed by atoms with E-state index in [1.807, 2.05) is 42.5 Å². The molecule has 0 N–H and O–H groups in total. The zero-order valence-electron chi connectivity index (χ0n) is 18.5. The number of allylic oxidation sites excluding steroid dienone is 4. The van der Waals surface area contributed by atoms with Crippen molar-refractivity contribution < 1.29 is 33.2 Å². The minimum atomic E-state index is -0.673. The molecule has 0 saturated heterocycles. The van der Waals surface area contributed by atoms with Crippen LogP contribution in [0.1, 0.15) is 38.5 Å². The Morgan fingerprint density at radius 3 is 2.16 bits per heavy atom. The van der Waals surface area contributed by atoms with Gasteiger partial charge >= 0.3 is 5.97 Å². The molecular formula is C25H32O7. The van der Waals surface area contributed by atoms with Crippen LogP contribution >= 0.6 is 0 Å². The fourth-order valence-electron chi connectivity index (χ4n) is 3.27. The number of para-hydroxylation sites is 1. The summed E-state index contributed by atoms with van der Waals surface area (Å²) in [6.07, 6.45) is 9.30. The van der Waals surface area contributed by atoms with Crippen molar-refractivity contribution in [3.63, 3.8) is 0 Å². The molecule has 1 aromatic rings. The van der Waals surface area contributed by atoms with Gasteiger partial charge in [0.05, 0.1) is 24.7 Å². The molecule has 0 radical (unpaired) electrons. The molecule has 3 rings (SSSR count). The SMILES string of the molecule is C=C(OCCOCCOc1ccccc1)C(=O)OCC(OC1=CCCC1)OC1=CCCC1. The molecule has 0 fully saturated rings. The Balaban J connectivity index is 1.28. The third-order valence-corrected chi connectivity index (χ3v) is 4.89. The van der Waals surface area contributed by atoms with Crippen LogP contribution in [0, 0.1) is 0 Å². The highest BCUT2D eigenvalue weighted by molar-refractivity contribution is 5.85. The highest BCUT2D eigenvalue weighted by atomic mass is 16.7. The third-order valence-electron chi connectivity index (χ3n) is 4.89. The third kappa shape index (κ3) is 8.67. The summed E-state index contributed by atoms with van der Waals surface area (Å²) >= 11 is 0. The summed E-state index contributed by atoms with van der Waals surface area (Å²) in [6.45, 7) is 4.94. The molecule has 0 aliphatic heterocycles. The van der Waals surface area contributed by atoms with Crippen LogP contribution < -0.4 is 4.74 Å². The number of ether oxygens (including phenoxy) is 6. The highest BCUT2D eigenvalue weighted by Gasteiger charge is 2.21. The second kappa shape index (κ2) is 13.5. The number of rotatable bonds is 15. The predicted octanol–water partition coefficient (Wildman–Crippen LogP) is 4.65. The first kappa shape index (κ1) is 23.7. The van der Waals surface area contributed by atoms with Crippen LogP contribution in [0.15, 0.2) is 66.3 Å². The Kier molecular flexibility index (Phi) is 9.99. The molecule has 7 nitrogen and oxygen atoms in total. The van der Waals surface area contributed by atoms with E-state index in [9.17, 15) is 4.79 Å². The van der Waals surface area contributed by atoms with Gasteiger partial charge in [-0.3, -0.25) is 0 Å². The van der Waals surface area contributed by atoms with Gasteiger partial charge in [-0.15, -0.1) is 0 Å². The topological polar surface area (TPSA) is 72.5 Å². The standard InChI is InChI=1S/C25H32O7/c1-20(28-17-15-27-16-18-29-21-9-3-2-4-10-21)25(26)30-19-24(31-22-11-5-6-12-22)32-23-13-7-8-14-23/h2-4,9-11,13,24H,1,5-8,12,14-19H2. The van der Waals surface area contributed by atoms with E-state index < -0.39 is 12.3 Å². The van der Waals surface area contributed by atoms with E-state index in [4.69, 9.17) is 28.4 Å². The van der Waals surface area contributed by atoms with E-state index in [0.29, 0.717) is 19.8 Å². The van der Waals surface area contributed by atoms with Gasteiger partial charge in [0.25, 0.3) is 6.29 Å². The number of hydrogen-bond acceptors (Lipinski definition) is 7. The van der Waals surface area contributed by atoms with Crippen LogP contribution in [0.2, 0.25) is 0 Å². The van der Waals surface area contributed by atoms with Gasteiger partial charge in [-0.2, -0.15) is 0 Å². The van der Waals surface area contributed by atoms with Crippen LogP contribution in [-0.4, -0.2) is 45.3 Å². The zero-order valence-corrected chi connectivity index (χ0v) is 18.5. The molecule has 0 heterocycles. The molecular weight excluding hydrogens is 412 g/mol. The molecule has 0 saturated carbocycles. The van der Waals surface area contributed by atoms with E-state index in [2.05, 4.69) is 6.58 Å². The first-order valence-electron chi connectivity index (χ1n) is 11.2. The summed E-state index contributed by atoms with van der Waals surface area (Å²) in [5.41, 5.74) is 0. The Morgan fingerprint density at radius 1 is 0.875 bits per heavy atom. The lowest BCUT2D eigenvalue weighted by atomic mass is 10.3. The van der Waals surface area contributed by atoms with E-state index in [1.54, 1.807) is 0 Å². The Bertz CT molecular complexity index is 759. The van der Waals surface area contributed by atoms with Gasteiger partial charge in [0.15, 0.2) is 12.4 Å².